The van der Waals surface area contributed by atoms with Crippen molar-refractivity contribution in [2.75, 3.05) is 0 Å². The average Bonchev–Trinajstić information content (AvgIpc) is 2.98. The van der Waals surface area contributed by atoms with Crippen LogP contribution in [-0.4, -0.2) is 10.4 Å². The Balaban J connectivity index is 1.63. The lowest BCUT2D eigenvalue weighted by Crippen LogP contribution is -2.19. The molecule has 3 nitrogen and oxygen atoms in total. The lowest BCUT2D eigenvalue weighted by Gasteiger charge is -2.17. The fraction of sp³-hybridized carbons (Fsp3) is 0.240. The molecule has 6 rings (SSSR count). The third-order valence-electron chi connectivity index (χ3n) is 6.87. The number of hydrogen-bond donors (Lipinski definition) is 0. The van der Waals surface area contributed by atoms with Crippen molar-refractivity contribution >= 4 is 28.3 Å². The Morgan fingerprint density at radius 1 is 1.10 bits per heavy atom. The van der Waals surface area contributed by atoms with Crippen molar-refractivity contribution in [1.29, 1.82) is 0 Å². The zero-order valence-corrected chi connectivity index (χ0v) is 17.0. The van der Waals surface area contributed by atoms with Gasteiger partial charge in [0.1, 0.15) is 17.3 Å². The first-order valence-corrected chi connectivity index (χ1v) is 10.3. The number of aromatic nitrogens is 1. The molecule has 4 heteroatoms. The van der Waals surface area contributed by atoms with Gasteiger partial charge in [0.15, 0.2) is 0 Å². The second kappa shape index (κ2) is 5.64. The van der Waals surface area contributed by atoms with Gasteiger partial charge in [0, 0.05) is 51.0 Å². The zero-order chi connectivity index (χ0) is 19.9. The summed E-state index contributed by atoms with van der Waals surface area (Å²) in [7, 11) is 0. The molecule has 0 N–H and O–H groups in total. The van der Waals surface area contributed by atoms with Gasteiger partial charge in [-0.3, -0.25) is 4.79 Å². The number of hydrogen-bond acceptors (Lipinski definition) is 2. The van der Waals surface area contributed by atoms with Crippen LogP contribution in [0.2, 0.25) is 5.02 Å². The second-order valence-corrected chi connectivity index (χ2v) is 8.82. The van der Waals surface area contributed by atoms with Gasteiger partial charge in [-0.25, -0.2) is 0 Å². The first-order valence-electron chi connectivity index (χ1n) is 9.97. The van der Waals surface area contributed by atoms with Gasteiger partial charge in [0.25, 0.3) is 0 Å². The average molecular weight is 402 g/mol. The van der Waals surface area contributed by atoms with E-state index in [0.717, 1.165) is 28.7 Å². The van der Waals surface area contributed by atoms with Gasteiger partial charge in [0.2, 0.25) is 0 Å². The van der Waals surface area contributed by atoms with E-state index in [9.17, 15) is 4.79 Å². The van der Waals surface area contributed by atoms with Crippen LogP contribution in [0, 0.1) is 12.8 Å². The third kappa shape index (κ3) is 2.11. The van der Waals surface area contributed by atoms with Gasteiger partial charge in [0.05, 0.1) is 0 Å². The number of fused-ring (bicyclic) bond motifs is 5. The van der Waals surface area contributed by atoms with E-state index < -0.39 is 0 Å². The minimum atomic E-state index is -0.188. The number of Topliss-reactive ketones (excluding diaryl/α,β-unsaturated/α-hetero) is 1. The van der Waals surface area contributed by atoms with Crippen molar-refractivity contribution in [2.24, 2.45) is 5.92 Å². The van der Waals surface area contributed by atoms with E-state index in [1.165, 1.54) is 22.2 Å². The summed E-state index contributed by atoms with van der Waals surface area (Å²) in [5.41, 5.74) is 4.58. The predicted octanol–water partition coefficient (Wildman–Crippen LogP) is 6.12. The second-order valence-electron chi connectivity index (χ2n) is 8.39. The van der Waals surface area contributed by atoms with Gasteiger partial charge in [-0.1, -0.05) is 41.9 Å². The molecular weight excluding hydrogens is 382 g/mol. The molecule has 0 saturated heterocycles. The summed E-state index contributed by atoms with van der Waals surface area (Å²) >= 11 is 6.15. The Morgan fingerprint density at radius 3 is 2.55 bits per heavy atom. The van der Waals surface area contributed by atoms with Crippen LogP contribution in [-0.2, 0) is 16.8 Å². The minimum Gasteiger partial charge on any atom is -0.461 e. The highest BCUT2D eigenvalue weighted by Crippen LogP contribution is 2.72. The highest BCUT2D eigenvalue weighted by Gasteiger charge is 2.72. The standard InChI is InChI=1S/C25H20ClNO2/c1-14-7-12-20(29-14)21-18-5-3-4-6-19(18)27-13-25(16-8-10-17(26)11-9-16)22(15(2)28)23(25)24(21)27/h3-12,22-23H,13H2,1-2H3. The molecule has 0 amide bonds. The summed E-state index contributed by atoms with van der Waals surface area (Å²) in [6.07, 6.45) is 0. The van der Waals surface area contributed by atoms with E-state index in [1.807, 2.05) is 31.2 Å². The summed E-state index contributed by atoms with van der Waals surface area (Å²) in [5.74, 6) is 2.19. The number of ketones is 1. The fourth-order valence-corrected chi connectivity index (χ4v) is 5.88. The molecule has 0 spiro atoms. The van der Waals surface area contributed by atoms with E-state index in [0.29, 0.717) is 0 Å². The molecule has 1 saturated carbocycles. The SMILES string of the molecule is CC(=O)C1C2c3c(-c4ccc(C)o4)c4ccccc4n3CC12c1ccc(Cl)cc1. The molecule has 144 valence electrons. The number of carbonyl (C=O) groups excluding carboxylic acids is 1. The van der Waals surface area contributed by atoms with Crippen molar-refractivity contribution in [3.63, 3.8) is 0 Å². The third-order valence-corrected chi connectivity index (χ3v) is 7.12. The van der Waals surface area contributed by atoms with E-state index in [1.54, 1.807) is 6.92 Å². The summed E-state index contributed by atoms with van der Waals surface area (Å²) in [4.78, 5) is 12.7. The fourth-order valence-electron chi connectivity index (χ4n) is 5.75. The molecule has 2 aromatic carbocycles. The molecule has 1 aliphatic heterocycles. The predicted molar refractivity (Wildman–Crippen MR) is 114 cm³/mol. The van der Waals surface area contributed by atoms with Gasteiger partial charge in [-0.2, -0.15) is 0 Å². The molecule has 2 aliphatic rings. The van der Waals surface area contributed by atoms with Gasteiger partial charge in [-0.05, 0) is 49.7 Å². The number of rotatable bonds is 3. The van der Waals surface area contributed by atoms with Crippen LogP contribution < -0.4 is 0 Å². The van der Waals surface area contributed by atoms with Gasteiger partial charge < -0.3 is 8.98 Å². The molecule has 1 aliphatic carbocycles. The quantitative estimate of drug-likeness (QED) is 0.414. The largest absolute Gasteiger partial charge is 0.461 e. The van der Waals surface area contributed by atoms with Crippen LogP contribution in [0.15, 0.2) is 65.1 Å². The maximum atomic E-state index is 12.7. The van der Waals surface area contributed by atoms with Crippen LogP contribution in [0.1, 0.15) is 29.9 Å². The minimum absolute atomic E-state index is 0.00435. The highest BCUT2D eigenvalue weighted by molar-refractivity contribution is 6.30. The monoisotopic (exact) mass is 401 g/mol. The number of furan rings is 1. The summed E-state index contributed by atoms with van der Waals surface area (Å²) in [5, 5.41) is 1.91. The molecule has 0 bridgehead atoms. The Hall–Kier alpha value is -2.78. The van der Waals surface area contributed by atoms with Gasteiger partial charge >= 0.3 is 0 Å². The Kier molecular flexibility index (Phi) is 3.33. The Labute approximate surface area is 173 Å². The molecule has 3 heterocycles. The highest BCUT2D eigenvalue weighted by atomic mass is 35.5. The molecule has 0 radical (unpaired) electrons. The number of carbonyl (C=O) groups is 1. The molecule has 4 aromatic rings. The summed E-state index contributed by atoms with van der Waals surface area (Å²) in [6.45, 7) is 4.50. The topological polar surface area (TPSA) is 35.1 Å². The molecule has 29 heavy (non-hydrogen) atoms. The van der Waals surface area contributed by atoms with Crippen molar-refractivity contribution in [3.8, 4) is 11.3 Å². The van der Waals surface area contributed by atoms with Crippen molar-refractivity contribution in [2.45, 2.75) is 31.7 Å². The number of nitrogens with zero attached hydrogens (tertiary/aromatic N) is 1. The van der Waals surface area contributed by atoms with Crippen LogP contribution in [0.25, 0.3) is 22.2 Å². The van der Waals surface area contributed by atoms with Crippen LogP contribution in [0.5, 0.6) is 0 Å². The molecule has 1 fully saturated rings. The van der Waals surface area contributed by atoms with E-state index in [4.69, 9.17) is 16.0 Å². The maximum absolute atomic E-state index is 12.7. The molecule has 3 unspecified atom stereocenters. The lowest BCUT2D eigenvalue weighted by atomic mass is 9.91. The maximum Gasteiger partial charge on any atom is 0.136 e. The number of benzene rings is 2. The zero-order valence-electron chi connectivity index (χ0n) is 16.3. The first-order chi connectivity index (χ1) is 14.0. The van der Waals surface area contributed by atoms with Crippen molar-refractivity contribution in [3.05, 3.63) is 82.7 Å². The Morgan fingerprint density at radius 2 is 1.86 bits per heavy atom. The number of aryl methyl sites for hydroxylation is 1. The smallest absolute Gasteiger partial charge is 0.136 e. The van der Waals surface area contributed by atoms with E-state index in [2.05, 4.69) is 41.0 Å². The van der Waals surface area contributed by atoms with Gasteiger partial charge in [-0.15, -0.1) is 0 Å². The van der Waals surface area contributed by atoms with Crippen LogP contribution in [0.3, 0.4) is 0 Å². The van der Waals surface area contributed by atoms with E-state index >= 15 is 0 Å². The number of para-hydroxylation sites is 1. The van der Waals surface area contributed by atoms with Crippen molar-refractivity contribution in [1.82, 2.24) is 4.57 Å². The van der Waals surface area contributed by atoms with Crippen LogP contribution >= 0.6 is 11.6 Å². The van der Waals surface area contributed by atoms with Crippen molar-refractivity contribution < 1.29 is 9.21 Å². The normalized spacial score (nSPS) is 24.5. The Bertz CT molecular complexity index is 1300. The summed E-state index contributed by atoms with van der Waals surface area (Å²) in [6, 6.07) is 20.6. The lowest BCUT2D eigenvalue weighted by molar-refractivity contribution is -0.118. The number of halogens is 1. The van der Waals surface area contributed by atoms with Crippen LogP contribution in [0.4, 0.5) is 0 Å². The molecule has 2 aromatic heterocycles. The summed E-state index contributed by atoms with van der Waals surface area (Å²) < 4.78 is 8.47. The first kappa shape index (κ1) is 17.1. The molecule has 3 atom stereocenters. The van der Waals surface area contributed by atoms with E-state index in [-0.39, 0.29) is 23.0 Å². The molecular formula is C25H20ClNO2.